The van der Waals surface area contributed by atoms with Gasteiger partial charge in [-0.3, -0.25) is 0 Å². The number of aryl methyl sites for hydroxylation is 2. The SMILES string of the molecule is Cc1ccc2c(c1)Cc1cc3c(cc1-2)Cc1c-3ccc2c3c(ccc12)-c1ccc(C)cc1C3. The zero-order chi connectivity index (χ0) is 21.8. The van der Waals surface area contributed by atoms with Gasteiger partial charge in [0.1, 0.15) is 0 Å². The van der Waals surface area contributed by atoms with E-state index in [1.54, 1.807) is 0 Å². The fourth-order valence-corrected chi connectivity index (χ4v) is 6.75. The fraction of sp³-hybridized carbons (Fsp3) is 0.152. The molecule has 0 bridgehead atoms. The van der Waals surface area contributed by atoms with Crippen LogP contribution < -0.4 is 0 Å². The van der Waals surface area contributed by atoms with Gasteiger partial charge in [-0.25, -0.2) is 0 Å². The molecule has 156 valence electrons. The highest BCUT2D eigenvalue weighted by molar-refractivity contribution is 6.02. The van der Waals surface area contributed by atoms with Crippen LogP contribution in [0.5, 0.6) is 0 Å². The van der Waals surface area contributed by atoms with E-state index in [0.717, 1.165) is 19.3 Å². The molecule has 0 saturated heterocycles. The van der Waals surface area contributed by atoms with Crippen molar-refractivity contribution in [2.24, 2.45) is 0 Å². The molecule has 0 saturated carbocycles. The van der Waals surface area contributed by atoms with Crippen molar-refractivity contribution in [1.29, 1.82) is 0 Å². The van der Waals surface area contributed by atoms with E-state index in [4.69, 9.17) is 0 Å². The molecule has 0 nitrogen and oxygen atoms in total. The van der Waals surface area contributed by atoms with Crippen molar-refractivity contribution in [3.63, 3.8) is 0 Å². The van der Waals surface area contributed by atoms with Crippen LogP contribution in [0.3, 0.4) is 0 Å². The summed E-state index contributed by atoms with van der Waals surface area (Å²) in [6.07, 6.45) is 3.16. The van der Waals surface area contributed by atoms with Crippen molar-refractivity contribution in [1.82, 2.24) is 0 Å². The Balaban J connectivity index is 1.28. The average Bonchev–Trinajstić information content (AvgIpc) is 3.46. The monoisotopic (exact) mass is 420 g/mol. The second-order valence-electron chi connectivity index (χ2n) is 10.3. The summed E-state index contributed by atoms with van der Waals surface area (Å²) in [5, 5.41) is 2.89. The van der Waals surface area contributed by atoms with Crippen molar-refractivity contribution in [3.05, 3.63) is 117 Å². The van der Waals surface area contributed by atoms with Gasteiger partial charge in [-0.2, -0.15) is 0 Å². The van der Waals surface area contributed by atoms with E-state index in [1.165, 1.54) is 88.7 Å². The maximum Gasteiger partial charge on any atom is -0.000706 e. The van der Waals surface area contributed by atoms with Crippen LogP contribution in [0.4, 0.5) is 0 Å². The molecular formula is C33H24. The van der Waals surface area contributed by atoms with E-state index in [-0.39, 0.29) is 0 Å². The van der Waals surface area contributed by atoms with Crippen molar-refractivity contribution < 1.29 is 0 Å². The first-order chi connectivity index (χ1) is 16.1. The van der Waals surface area contributed by atoms with Gasteiger partial charge in [-0.15, -0.1) is 0 Å². The van der Waals surface area contributed by atoms with E-state index < -0.39 is 0 Å². The van der Waals surface area contributed by atoms with Crippen LogP contribution in [0.1, 0.15) is 44.5 Å². The molecular weight excluding hydrogens is 396 g/mol. The van der Waals surface area contributed by atoms with E-state index in [1.807, 2.05) is 0 Å². The van der Waals surface area contributed by atoms with Crippen molar-refractivity contribution in [2.45, 2.75) is 33.1 Å². The van der Waals surface area contributed by atoms with Gasteiger partial charge in [0.05, 0.1) is 0 Å². The highest BCUT2D eigenvalue weighted by atomic mass is 14.3. The first-order valence-electron chi connectivity index (χ1n) is 12.1. The Hall–Kier alpha value is -3.64. The van der Waals surface area contributed by atoms with Gasteiger partial charge in [-0.05, 0) is 123 Å². The largest absolute Gasteiger partial charge is 0.0587 e. The fourth-order valence-electron chi connectivity index (χ4n) is 6.75. The minimum atomic E-state index is 1.04. The summed E-state index contributed by atoms with van der Waals surface area (Å²) in [6, 6.07) is 28.4. The zero-order valence-electron chi connectivity index (χ0n) is 19.0. The number of rotatable bonds is 0. The lowest BCUT2D eigenvalue weighted by molar-refractivity contribution is 1.24. The Morgan fingerprint density at radius 2 is 0.818 bits per heavy atom. The second kappa shape index (κ2) is 6.02. The summed E-state index contributed by atoms with van der Waals surface area (Å²) in [4.78, 5) is 0. The smallest absolute Gasteiger partial charge is 0.000706 e. The number of benzene rings is 5. The maximum atomic E-state index is 2.49. The van der Waals surface area contributed by atoms with Crippen LogP contribution in [0, 0.1) is 13.8 Å². The highest BCUT2D eigenvalue weighted by Gasteiger charge is 2.28. The Morgan fingerprint density at radius 1 is 0.394 bits per heavy atom. The normalized spacial score (nSPS) is 14.0. The van der Waals surface area contributed by atoms with Gasteiger partial charge >= 0.3 is 0 Å². The van der Waals surface area contributed by atoms with Crippen molar-refractivity contribution in [3.8, 4) is 33.4 Å². The number of hydrogen-bond donors (Lipinski definition) is 0. The van der Waals surface area contributed by atoms with Crippen LogP contribution in [0.15, 0.2) is 72.8 Å². The van der Waals surface area contributed by atoms with Crippen LogP contribution in [-0.4, -0.2) is 0 Å². The summed E-state index contributed by atoms with van der Waals surface area (Å²) in [7, 11) is 0. The molecule has 0 fully saturated rings. The summed E-state index contributed by atoms with van der Waals surface area (Å²) in [5.74, 6) is 0. The lowest BCUT2D eigenvalue weighted by Gasteiger charge is -2.11. The van der Waals surface area contributed by atoms with E-state index in [0.29, 0.717) is 0 Å². The Kier molecular flexibility index (Phi) is 3.26. The quantitative estimate of drug-likeness (QED) is 0.232. The lowest BCUT2D eigenvalue weighted by atomic mass is 9.93. The molecule has 0 aliphatic heterocycles. The number of fused-ring (bicyclic) bond motifs is 12. The molecule has 0 spiro atoms. The van der Waals surface area contributed by atoms with Crippen LogP contribution in [-0.2, 0) is 19.3 Å². The third-order valence-corrected chi connectivity index (χ3v) is 8.26. The second-order valence-corrected chi connectivity index (χ2v) is 10.3. The van der Waals surface area contributed by atoms with Crippen LogP contribution in [0.2, 0.25) is 0 Å². The van der Waals surface area contributed by atoms with Crippen LogP contribution >= 0.6 is 0 Å². The van der Waals surface area contributed by atoms with Gasteiger partial charge < -0.3 is 0 Å². The predicted octanol–water partition coefficient (Wildman–Crippen LogP) is 8.17. The molecule has 0 N–H and O–H groups in total. The molecule has 0 aromatic heterocycles. The Bertz CT molecular complexity index is 1700. The van der Waals surface area contributed by atoms with E-state index >= 15 is 0 Å². The Morgan fingerprint density at radius 3 is 1.45 bits per heavy atom. The van der Waals surface area contributed by atoms with Crippen molar-refractivity contribution >= 4 is 10.8 Å². The molecule has 5 aromatic carbocycles. The van der Waals surface area contributed by atoms with Gasteiger partial charge in [0.2, 0.25) is 0 Å². The topological polar surface area (TPSA) is 0 Å². The molecule has 0 heterocycles. The summed E-state index contributed by atoms with van der Waals surface area (Å²) >= 11 is 0. The first kappa shape index (κ1) is 17.9. The summed E-state index contributed by atoms with van der Waals surface area (Å²) < 4.78 is 0. The summed E-state index contributed by atoms with van der Waals surface area (Å²) in [6.45, 7) is 4.39. The minimum absolute atomic E-state index is 1.04. The van der Waals surface area contributed by atoms with Gasteiger partial charge in [-0.1, -0.05) is 71.8 Å². The first-order valence-corrected chi connectivity index (χ1v) is 12.1. The minimum Gasteiger partial charge on any atom is -0.0587 e. The standard InChI is InChI=1S/C33H24/c1-18-4-6-25-20(11-18)13-22-14-31-23(15-30(22)25)17-33-28-8-7-26-24-5-3-19(2)12-21(24)16-32(26)27(28)9-10-29(31)33/h3-12,14-15H,13,16-17H2,1-2H3. The predicted molar refractivity (Wildman–Crippen MR) is 138 cm³/mol. The molecule has 0 unspecified atom stereocenters. The zero-order valence-corrected chi connectivity index (χ0v) is 19.0. The van der Waals surface area contributed by atoms with Gasteiger partial charge in [0.15, 0.2) is 0 Å². The molecule has 5 aromatic rings. The highest BCUT2D eigenvalue weighted by Crippen LogP contribution is 2.48. The molecule has 3 aliphatic rings. The van der Waals surface area contributed by atoms with Crippen LogP contribution in [0.25, 0.3) is 44.2 Å². The van der Waals surface area contributed by atoms with Gasteiger partial charge in [0, 0.05) is 0 Å². The Labute approximate surface area is 194 Å². The van der Waals surface area contributed by atoms with E-state index in [2.05, 4.69) is 86.6 Å². The van der Waals surface area contributed by atoms with Gasteiger partial charge in [0.25, 0.3) is 0 Å². The maximum absolute atomic E-state index is 2.49. The lowest BCUT2D eigenvalue weighted by Crippen LogP contribution is -1.89. The molecule has 0 atom stereocenters. The third-order valence-electron chi connectivity index (χ3n) is 8.26. The molecule has 8 rings (SSSR count). The number of hydrogen-bond acceptors (Lipinski definition) is 0. The molecule has 0 radical (unpaired) electrons. The summed E-state index contributed by atoms with van der Waals surface area (Å²) in [5.41, 5.74) is 20.3. The van der Waals surface area contributed by atoms with Crippen molar-refractivity contribution in [2.75, 3.05) is 0 Å². The molecule has 3 aliphatic carbocycles. The van der Waals surface area contributed by atoms with E-state index in [9.17, 15) is 0 Å². The third kappa shape index (κ3) is 2.31. The molecule has 0 heteroatoms. The molecule has 33 heavy (non-hydrogen) atoms. The average molecular weight is 421 g/mol. The molecule has 0 amide bonds.